The Morgan fingerprint density at radius 3 is 2.58 bits per heavy atom. The van der Waals surface area contributed by atoms with Crippen molar-refractivity contribution in [2.24, 2.45) is 0 Å². The van der Waals surface area contributed by atoms with Crippen molar-refractivity contribution in [1.82, 2.24) is 15.5 Å². The minimum atomic E-state index is -0.897. The average Bonchev–Trinajstić information content (AvgIpc) is 2.44. The van der Waals surface area contributed by atoms with Gasteiger partial charge in [-0.25, -0.2) is 4.79 Å². The van der Waals surface area contributed by atoms with Crippen LogP contribution in [0.4, 0.5) is 4.79 Å². The highest BCUT2D eigenvalue weighted by atomic mass is 16.3. The SMILES string of the molecule is CC1(C)NC(=O)N(CCC(=O)NC2CC(O)C2)C1=O. The minimum Gasteiger partial charge on any atom is -0.393 e. The van der Waals surface area contributed by atoms with E-state index in [1.54, 1.807) is 13.8 Å². The molecule has 0 atom stereocenters. The molecule has 0 radical (unpaired) electrons. The van der Waals surface area contributed by atoms with Crippen molar-refractivity contribution in [1.29, 1.82) is 0 Å². The van der Waals surface area contributed by atoms with E-state index in [1.165, 1.54) is 0 Å². The molecule has 0 unspecified atom stereocenters. The van der Waals surface area contributed by atoms with Gasteiger partial charge >= 0.3 is 6.03 Å². The van der Waals surface area contributed by atoms with Crippen molar-refractivity contribution in [3.63, 3.8) is 0 Å². The van der Waals surface area contributed by atoms with Crippen molar-refractivity contribution in [3.8, 4) is 0 Å². The number of aliphatic hydroxyl groups excluding tert-OH is 1. The van der Waals surface area contributed by atoms with Gasteiger partial charge in [-0.3, -0.25) is 14.5 Å². The largest absolute Gasteiger partial charge is 0.393 e. The molecule has 2 aliphatic rings. The van der Waals surface area contributed by atoms with Crippen LogP contribution >= 0.6 is 0 Å². The molecule has 0 bridgehead atoms. The summed E-state index contributed by atoms with van der Waals surface area (Å²) in [6.07, 6.45) is 0.906. The van der Waals surface area contributed by atoms with E-state index in [1.807, 2.05) is 0 Å². The van der Waals surface area contributed by atoms with Crippen LogP contribution in [-0.4, -0.2) is 52.1 Å². The molecule has 2 fully saturated rings. The molecule has 0 spiro atoms. The molecule has 19 heavy (non-hydrogen) atoms. The third-order valence-corrected chi connectivity index (χ3v) is 3.49. The number of urea groups is 1. The third kappa shape index (κ3) is 2.86. The van der Waals surface area contributed by atoms with Gasteiger partial charge in [0.1, 0.15) is 5.54 Å². The number of carbonyl (C=O) groups excluding carboxylic acids is 3. The highest BCUT2D eigenvalue weighted by molar-refractivity contribution is 6.06. The van der Waals surface area contributed by atoms with Crippen LogP contribution in [0.5, 0.6) is 0 Å². The molecular formula is C12H19N3O4. The molecule has 0 aromatic rings. The fraction of sp³-hybridized carbons (Fsp3) is 0.750. The predicted molar refractivity (Wildman–Crippen MR) is 66.1 cm³/mol. The second-order valence-corrected chi connectivity index (χ2v) is 5.65. The molecule has 1 aliphatic heterocycles. The molecule has 3 N–H and O–H groups in total. The summed E-state index contributed by atoms with van der Waals surface area (Å²) >= 11 is 0. The van der Waals surface area contributed by atoms with E-state index in [0.29, 0.717) is 12.8 Å². The van der Waals surface area contributed by atoms with Gasteiger partial charge in [0.05, 0.1) is 6.10 Å². The van der Waals surface area contributed by atoms with Gasteiger partial charge in [0.15, 0.2) is 0 Å². The van der Waals surface area contributed by atoms with E-state index in [9.17, 15) is 14.4 Å². The van der Waals surface area contributed by atoms with Crippen LogP contribution in [0.2, 0.25) is 0 Å². The van der Waals surface area contributed by atoms with Gasteiger partial charge in [-0.1, -0.05) is 0 Å². The summed E-state index contributed by atoms with van der Waals surface area (Å²) in [6, 6.07) is -0.441. The van der Waals surface area contributed by atoms with Crippen LogP contribution < -0.4 is 10.6 Å². The third-order valence-electron chi connectivity index (χ3n) is 3.49. The lowest BCUT2D eigenvalue weighted by Crippen LogP contribution is -2.47. The Labute approximate surface area is 111 Å². The van der Waals surface area contributed by atoms with Crippen molar-refractivity contribution in [2.45, 2.75) is 50.8 Å². The van der Waals surface area contributed by atoms with E-state index >= 15 is 0 Å². The first-order valence-corrected chi connectivity index (χ1v) is 6.41. The summed E-state index contributed by atoms with van der Waals surface area (Å²) in [5, 5.41) is 14.4. The summed E-state index contributed by atoms with van der Waals surface area (Å²) in [7, 11) is 0. The summed E-state index contributed by atoms with van der Waals surface area (Å²) in [5.74, 6) is -0.522. The second-order valence-electron chi connectivity index (χ2n) is 5.65. The van der Waals surface area contributed by atoms with Crippen LogP contribution in [0, 0.1) is 0 Å². The smallest absolute Gasteiger partial charge is 0.325 e. The van der Waals surface area contributed by atoms with E-state index in [2.05, 4.69) is 10.6 Å². The van der Waals surface area contributed by atoms with Crippen LogP contribution in [-0.2, 0) is 9.59 Å². The van der Waals surface area contributed by atoms with Crippen molar-refractivity contribution >= 4 is 17.8 Å². The second kappa shape index (κ2) is 4.80. The molecule has 1 aliphatic carbocycles. The first-order valence-electron chi connectivity index (χ1n) is 6.41. The monoisotopic (exact) mass is 269 g/mol. The topological polar surface area (TPSA) is 98.7 Å². The lowest BCUT2D eigenvalue weighted by atomic mass is 9.89. The predicted octanol–water partition coefficient (Wildman–Crippen LogP) is -0.654. The summed E-state index contributed by atoms with van der Waals surface area (Å²) < 4.78 is 0. The van der Waals surface area contributed by atoms with Crippen LogP contribution in [0.1, 0.15) is 33.1 Å². The van der Waals surface area contributed by atoms with E-state index in [0.717, 1.165) is 4.90 Å². The van der Waals surface area contributed by atoms with E-state index < -0.39 is 11.6 Å². The van der Waals surface area contributed by atoms with Gasteiger partial charge in [-0.05, 0) is 26.7 Å². The summed E-state index contributed by atoms with van der Waals surface area (Å²) in [4.78, 5) is 36.1. The van der Waals surface area contributed by atoms with E-state index in [4.69, 9.17) is 5.11 Å². The molecule has 1 saturated carbocycles. The normalized spacial score (nSPS) is 28.9. The lowest BCUT2D eigenvalue weighted by Gasteiger charge is -2.32. The van der Waals surface area contributed by atoms with Gasteiger partial charge in [0.25, 0.3) is 5.91 Å². The molecule has 7 nitrogen and oxygen atoms in total. The maximum atomic E-state index is 11.9. The van der Waals surface area contributed by atoms with Gasteiger partial charge in [0.2, 0.25) is 5.91 Å². The highest BCUT2D eigenvalue weighted by Gasteiger charge is 2.44. The maximum absolute atomic E-state index is 11.9. The fourth-order valence-corrected chi connectivity index (χ4v) is 2.24. The number of nitrogens with one attached hydrogen (secondary N) is 2. The number of carbonyl (C=O) groups is 3. The quantitative estimate of drug-likeness (QED) is 0.590. The molecular weight excluding hydrogens is 250 g/mol. The Balaban J connectivity index is 1.77. The zero-order chi connectivity index (χ0) is 14.2. The van der Waals surface area contributed by atoms with Crippen molar-refractivity contribution in [3.05, 3.63) is 0 Å². The first kappa shape index (κ1) is 13.8. The molecule has 0 aromatic heterocycles. The first-order chi connectivity index (χ1) is 8.79. The number of hydrogen-bond acceptors (Lipinski definition) is 4. The minimum absolute atomic E-state index is 0.0158. The fourth-order valence-electron chi connectivity index (χ4n) is 2.24. The number of nitrogens with zero attached hydrogens (tertiary/aromatic N) is 1. The van der Waals surface area contributed by atoms with Crippen molar-refractivity contribution < 1.29 is 19.5 Å². The number of hydrogen-bond donors (Lipinski definition) is 3. The molecule has 106 valence electrons. The Morgan fingerprint density at radius 1 is 1.47 bits per heavy atom. The zero-order valence-electron chi connectivity index (χ0n) is 11.1. The Hall–Kier alpha value is -1.63. The molecule has 1 saturated heterocycles. The zero-order valence-corrected chi connectivity index (χ0v) is 11.1. The number of aliphatic hydroxyl groups is 1. The Kier molecular flexibility index (Phi) is 3.49. The molecule has 1 heterocycles. The summed E-state index contributed by atoms with van der Waals surface area (Å²) in [5.41, 5.74) is -0.897. The molecule has 4 amide bonds. The van der Waals surface area contributed by atoms with Gasteiger partial charge in [-0.2, -0.15) is 0 Å². The molecule has 2 rings (SSSR count). The number of rotatable bonds is 4. The van der Waals surface area contributed by atoms with Crippen LogP contribution in [0.15, 0.2) is 0 Å². The lowest BCUT2D eigenvalue weighted by molar-refractivity contribution is -0.130. The number of imide groups is 1. The maximum Gasteiger partial charge on any atom is 0.325 e. The Morgan fingerprint density at radius 2 is 2.11 bits per heavy atom. The van der Waals surface area contributed by atoms with Gasteiger partial charge in [-0.15, -0.1) is 0 Å². The van der Waals surface area contributed by atoms with E-state index in [-0.39, 0.29) is 36.9 Å². The number of amides is 4. The Bertz CT molecular complexity index is 415. The van der Waals surface area contributed by atoms with Gasteiger partial charge in [0, 0.05) is 19.0 Å². The standard InChI is InChI=1S/C12H19N3O4/c1-12(2)10(18)15(11(19)14-12)4-3-9(17)13-7-5-8(16)6-7/h7-8,16H,3-6H2,1-2H3,(H,13,17)(H,14,19). The van der Waals surface area contributed by atoms with Gasteiger partial charge < -0.3 is 15.7 Å². The highest BCUT2D eigenvalue weighted by Crippen LogP contribution is 2.20. The van der Waals surface area contributed by atoms with Crippen LogP contribution in [0.25, 0.3) is 0 Å². The summed E-state index contributed by atoms with van der Waals surface area (Å²) in [6.45, 7) is 3.33. The van der Waals surface area contributed by atoms with Crippen molar-refractivity contribution in [2.75, 3.05) is 6.54 Å². The van der Waals surface area contributed by atoms with Crippen LogP contribution in [0.3, 0.4) is 0 Å². The molecule has 7 heteroatoms. The molecule has 0 aromatic carbocycles. The average molecular weight is 269 g/mol.